The average molecular weight is 224 g/mol. The van der Waals surface area contributed by atoms with Gasteiger partial charge in [0.25, 0.3) is 0 Å². The van der Waals surface area contributed by atoms with Crippen molar-refractivity contribution < 1.29 is 4.79 Å². The molecule has 1 aliphatic carbocycles. The first-order chi connectivity index (χ1) is 7.77. The molecule has 1 amide bonds. The summed E-state index contributed by atoms with van der Waals surface area (Å²) in [6, 6.07) is 0. The van der Waals surface area contributed by atoms with E-state index in [-0.39, 0.29) is 0 Å². The van der Waals surface area contributed by atoms with Crippen LogP contribution in [0.4, 0.5) is 0 Å². The van der Waals surface area contributed by atoms with Crippen molar-refractivity contribution >= 4 is 5.91 Å². The van der Waals surface area contributed by atoms with Crippen LogP contribution in [-0.4, -0.2) is 37.5 Å². The SMILES string of the molecule is CN(CC1CCCNC1)C(=O)C1CCCC1. The van der Waals surface area contributed by atoms with Gasteiger partial charge in [-0.05, 0) is 44.7 Å². The van der Waals surface area contributed by atoms with Crippen LogP contribution in [0.1, 0.15) is 38.5 Å². The maximum Gasteiger partial charge on any atom is 0.225 e. The van der Waals surface area contributed by atoms with E-state index < -0.39 is 0 Å². The van der Waals surface area contributed by atoms with Crippen LogP contribution < -0.4 is 5.32 Å². The van der Waals surface area contributed by atoms with Crippen LogP contribution >= 0.6 is 0 Å². The quantitative estimate of drug-likeness (QED) is 0.790. The molecule has 1 atom stereocenters. The van der Waals surface area contributed by atoms with E-state index in [9.17, 15) is 4.79 Å². The van der Waals surface area contributed by atoms with E-state index in [0.717, 1.165) is 32.5 Å². The number of hydrogen-bond donors (Lipinski definition) is 1. The Labute approximate surface area is 98.6 Å². The van der Waals surface area contributed by atoms with E-state index in [0.29, 0.717) is 17.7 Å². The molecule has 1 saturated carbocycles. The normalized spacial score (nSPS) is 26.9. The Morgan fingerprint density at radius 1 is 1.25 bits per heavy atom. The lowest BCUT2D eigenvalue weighted by molar-refractivity contribution is -0.134. The first-order valence-electron chi connectivity index (χ1n) is 6.73. The number of hydrogen-bond acceptors (Lipinski definition) is 2. The van der Waals surface area contributed by atoms with Gasteiger partial charge < -0.3 is 10.2 Å². The molecule has 0 aromatic carbocycles. The minimum absolute atomic E-state index is 0.335. The molecule has 16 heavy (non-hydrogen) atoms. The molecular weight excluding hydrogens is 200 g/mol. The van der Waals surface area contributed by atoms with Gasteiger partial charge in [0.2, 0.25) is 5.91 Å². The lowest BCUT2D eigenvalue weighted by Gasteiger charge is -2.29. The summed E-state index contributed by atoms with van der Waals surface area (Å²) in [5.74, 6) is 1.40. The highest BCUT2D eigenvalue weighted by Crippen LogP contribution is 2.26. The maximum absolute atomic E-state index is 12.1. The van der Waals surface area contributed by atoms with E-state index in [2.05, 4.69) is 5.32 Å². The summed E-state index contributed by atoms with van der Waals surface area (Å²) in [5, 5.41) is 3.41. The van der Waals surface area contributed by atoms with Gasteiger partial charge in [-0.3, -0.25) is 4.79 Å². The van der Waals surface area contributed by atoms with Crippen molar-refractivity contribution in [2.75, 3.05) is 26.7 Å². The van der Waals surface area contributed by atoms with Crippen molar-refractivity contribution in [1.29, 1.82) is 0 Å². The van der Waals surface area contributed by atoms with E-state index in [1.807, 2.05) is 11.9 Å². The fourth-order valence-corrected chi connectivity index (χ4v) is 3.04. The van der Waals surface area contributed by atoms with Gasteiger partial charge >= 0.3 is 0 Å². The number of nitrogens with zero attached hydrogens (tertiary/aromatic N) is 1. The molecule has 1 saturated heterocycles. The minimum atomic E-state index is 0.335. The average Bonchev–Trinajstić information content (AvgIpc) is 2.83. The molecule has 1 N–H and O–H groups in total. The summed E-state index contributed by atoms with van der Waals surface area (Å²) in [4.78, 5) is 14.1. The fraction of sp³-hybridized carbons (Fsp3) is 0.923. The first kappa shape index (κ1) is 11.9. The van der Waals surface area contributed by atoms with Crippen LogP contribution in [0.25, 0.3) is 0 Å². The Balaban J connectivity index is 1.77. The molecule has 2 rings (SSSR count). The minimum Gasteiger partial charge on any atom is -0.345 e. The molecule has 0 aromatic heterocycles. The molecule has 0 bridgehead atoms. The molecule has 1 heterocycles. The van der Waals surface area contributed by atoms with Crippen molar-refractivity contribution in [2.45, 2.75) is 38.5 Å². The van der Waals surface area contributed by atoms with Crippen molar-refractivity contribution in [3.05, 3.63) is 0 Å². The van der Waals surface area contributed by atoms with Gasteiger partial charge in [0.15, 0.2) is 0 Å². The molecule has 0 spiro atoms. The molecule has 3 nitrogen and oxygen atoms in total. The Morgan fingerprint density at radius 2 is 2.00 bits per heavy atom. The van der Waals surface area contributed by atoms with E-state index >= 15 is 0 Å². The molecular formula is C13H24N2O. The summed E-state index contributed by atoms with van der Waals surface area (Å²) in [6.07, 6.45) is 7.26. The van der Waals surface area contributed by atoms with Crippen molar-refractivity contribution in [1.82, 2.24) is 10.2 Å². The smallest absolute Gasteiger partial charge is 0.225 e. The number of piperidine rings is 1. The van der Waals surface area contributed by atoms with Gasteiger partial charge in [0, 0.05) is 19.5 Å². The largest absolute Gasteiger partial charge is 0.345 e. The molecule has 1 aliphatic heterocycles. The van der Waals surface area contributed by atoms with Crippen LogP contribution in [0.3, 0.4) is 0 Å². The second-order valence-corrected chi connectivity index (χ2v) is 5.41. The van der Waals surface area contributed by atoms with E-state index in [1.165, 1.54) is 25.7 Å². The molecule has 1 unspecified atom stereocenters. The molecule has 0 aromatic rings. The van der Waals surface area contributed by atoms with Gasteiger partial charge in [0.1, 0.15) is 0 Å². The molecule has 2 aliphatic rings. The van der Waals surface area contributed by atoms with Gasteiger partial charge in [0.05, 0.1) is 0 Å². The summed E-state index contributed by atoms with van der Waals surface area (Å²) >= 11 is 0. The second kappa shape index (κ2) is 5.67. The van der Waals surface area contributed by atoms with Crippen LogP contribution in [0.2, 0.25) is 0 Å². The highest BCUT2D eigenvalue weighted by Gasteiger charge is 2.26. The predicted molar refractivity (Wildman–Crippen MR) is 65.2 cm³/mol. The van der Waals surface area contributed by atoms with E-state index in [4.69, 9.17) is 0 Å². The van der Waals surface area contributed by atoms with Gasteiger partial charge in [-0.25, -0.2) is 0 Å². The third-order valence-electron chi connectivity index (χ3n) is 4.01. The highest BCUT2D eigenvalue weighted by atomic mass is 16.2. The maximum atomic E-state index is 12.1. The monoisotopic (exact) mass is 224 g/mol. The molecule has 0 radical (unpaired) electrons. The third-order valence-corrected chi connectivity index (χ3v) is 4.01. The van der Waals surface area contributed by atoms with Crippen LogP contribution in [0.5, 0.6) is 0 Å². The Morgan fingerprint density at radius 3 is 2.62 bits per heavy atom. The summed E-state index contributed by atoms with van der Waals surface area (Å²) in [6.45, 7) is 3.18. The van der Waals surface area contributed by atoms with Gasteiger partial charge in [-0.2, -0.15) is 0 Å². The summed E-state index contributed by atoms with van der Waals surface area (Å²) in [7, 11) is 1.98. The number of carbonyl (C=O) groups is 1. The molecule has 2 fully saturated rings. The zero-order valence-electron chi connectivity index (χ0n) is 10.4. The summed E-state index contributed by atoms with van der Waals surface area (Å²) < 4.78 is 0. The first-order valence-corrected chi connectivity index (χ1v) is 6.73. The summed E-state index contributed by atoms with van der Waals surface area (Å²) in [5.41, 5.74) is 0. The zero-order chi connectivity index (χ0) is 11.4. The van der Waals surface area contributed by atoms with Crippen LogP contribution in [0.15, 0.2) is 0 Å². The fourth-order valence-electron chi connectivity index (χ4n) is 3.04. The van der Waals surface area contributed by atoms with Crippen molar-refractivity contribution in [2.24, 2.45) is 11.8 Å². The highest BCUT2D eigenvalue weighted by molar-refractivity contribution is 5.78. The molecule has 3 heteroatoms. The lowest BCUT2D eigenvalue weighted by atomic mass is 9.98. The zero-order valence-corrected chi connectivity index (χ0v) is 10.4. The Kier molecular flexibility index (Phi) is 4.22. The van der Waals surface area contributed by atoms with Crippen molar-refractivity contribution in [3.63, 3.8) is 0 Å². The number of nitrogens with one attached hydrogen (secondary N) is 1. The second-order valence-electron chi connectivity index (χ2n) is 5.41. The topological polar surface area (TPSA) is 32.3 Å². The van der Waals surface area contributed by atoms with Crippen LogP contribution in [-0.2, 0) is 4.79 Å². The predicted octanol–water partition coefficient (Wildman–Crippen LogP) is 1.63. The number of carbonyl (C=O) groups excluding carboxylic acids is 1. The van der Waals surface area contributed by atoms with Crippen LogP contribution in [0, 0.1) is 11.8 Å². The Bertz CT molecular complexity index is 230. The number of rotatable bonds is 3. The van der Waals surface area contributed by atoms with Gasteiger partial charge in [-0.15, -0.1) is 0 Å². The van der Waals surface area contributed by atoms with Crippen molar-refractivity contribution in [3.8, 4) is 0 Å². The van der Waals surface area contributed by atoms with Gasteiger partial charge in [-0.1, -0.05) is 12.8 Å². The Hall–Kier alpha value is -0.570. The standard InChI is InChI=1S/C13H24N2O/c1-15(10-11-5-4-8-14-9-11)13(16)12-6-2-3-7-12/h11-12,14H,2-10H2,1H3. The molecule has 92 valence electrons. The number of amides is 1. The van der Waals surface area contributed by atoms with E-state index in [1.54, 1.807) is 0 Å². The lowest BCUT2D eigenvalue weighted by Crippen LogP contribution is -2.40. The third kappa shape index (κ3) is 2.97.